The average molecular weight is 230 g/mol. The van der Waals surface area contributed by atoms with E-state index in [4.69, 9.17) is 0 Å². The van der Waals surface area contributed by atoms with Crippen molar-refractivity contribution in [3.8, 4) is 0 Å². The minimum absolute atomic E-state index is 0.0633. The zero-order valence-corrected chi connectivity index (χ0v) is 9.96. The topological polar surface area (TPSA) is 41.1 Å². The van der Waals surface area contributed by atoms with E-state index in [9.17, 15) is 4.79 Å². The molecule has 0 saturated heterocycles. The lowest BCUT2D eigenvalue weighted by Gasteiger charge is -2.25. The molecule has 2 N–H and O–H groups in total. The van der Waals surface area contributed by atoms with Crippen LogP contribution in [0.4, 0.5) is 5.69 Å². The van der Waals surface area contributed by atoms with E-state index in [0.29, 0.717) is 5.92 Å². The fraction of sp³-hybridized carbons (Fsp3) is 0.500. The Kier molecular flexibility index (Phi) is 2.75. The molecule has 3 heteroatoms. The first-order chi connectivity index (χ1) is 8.33. The third-order valence-corrected chi connectivity index (χ3v) is 3.86. The highest BCUT2D eigenvalue weighted by Gasteiger charge is 2.19. The van der Waals surface area contributed by atoms with Crippen LogP contribution in [0.5, 0.6) is 0 Å². The number of rotatable bonds is 3. The van der Waals surface area contributed by atoms with Gasteiger partial charge in [-0.3, -0.25) is 4.79 Å². The molecule has 3 rings (SSSR count). The van der Waals surface area contributed by atoms with Crippen LogP contribution in [0.3, 0.4) is 0 Å². The standard InChI is InChI=1S/C14H18N2O/c17-14(16-9-10-2-1-3-10)12-5-4-11-6-7-15-13(11)8-12/h4-5,8,10,15H,1-3,6-7,9H2,(H,16,17). The van der Waals surface area contributed by atoms with Crippen molar-refractivity contribution in [3.05, 3.63) is 29.3 Å². The maximum Gasteiger partial charge on any atom is 0.251 e. The Morgan fingerprint density at radius 2 is 2.29 bits per heavy atom. The molecule has 0 aromatic heterocycles. The minimum atomic E-state index is 0.0633. The van der Waals surface area contributed by atoms with Gasteiger partial charge in [0, 0.05) is 24.3 Å². The largest absolute Gasteiger partial charge is 0.384 e. The van der Waals surface area contributed by atoms with Crippen molar-refractivity contribution in [2.45, 2.75) is 25.7 Å². The van der Waals surface area contributed by atoms with Gasteiger partial charge >= 0.3 is 0 Å². The molecular weight excluding hydrogens is 212 g/mol. The summed E-state index contributed by atoms with van der Waals surface area (Å²) in [6, 6.07) is 5.97. The van der Waals surface area contributed by atoms with E-state index in [-0.39, 0.29) is 5.91 Å². The molecule has 1 aliphatic carbocycles. The molecule has 0 bridgehead atoms. The smallest absolute Gasteiger partial charge is 0.251 e. The van der Waals surface area contributed by atoms with Crippen LogP contribution >= 0.6 is 0 Å². The number of hydrogen-bond donors (Lipinski definition) is 2. The summed E-state index contributed by atoms with van der Waals surface area (Å²) >= 11 is 0. The lowest BCUT2D eigenvalue weighted by atomic mass is 9.85. The number of anilines is 1. The highest BCUT2D eigenvalue weighted by atomic mass is 16.1. The fourth-order valence-corrected chi connectivity index (χ4v) is 2.47. The van der Waals surface area contributed by atoms with Crippen molar-refractivity contribution in [3.63, 3.8) is 0 Å². The molecule has 1 saturated carbocycles. The Balaban J connectivity index is 1.64. The van der Waals surface area contributed by atoms with E-state index in [0.717, 1.165) is 30.8 Å². The van der Waals surface area contributed by atoms with E-state index in [1.165, 1.54) is 24.8 Å². The van der Waals surface area contributed by atoms with Gasteiger partial charge < -0.3 is 10.6 Å². The van der Waals surface area contributed by atoms with Gasteiger partial charge in [0.05, 0.1) is 0 Å². The van der Waals surface area contributed by atoms with Crippen LogP contribution in [0.1, 0.15) is 35.2 Å². The van der Waals surface area contributed by atoms with Crippen molar-refractivity contribution in [2.75, 3.05) is 18.4 Å². The number of benzene rings is 1. The SMILES string of the molecule is O=C(NCC1CCC1)c1ccc2c(c1)NCC2. The molecule has 1 heterocycles. The molecule has 1 amide bonds. The van der Waals surface area contributed by atoms with Crippen molar-refractivity contribution in [1.82, 2.24) is 5.32 Å². The normalized spacial score (nSPS) is 18.1. The molecule has 2 aliphatic rings. The van der Waals surface area contributed by atoms with Crippen LogP contribution in [0.15, 0.2) is 18.2 Å². The minimum Gasteiger partial charge on any atom is -0.384 e. The summed E-state index contributed by atoms with van der Waals surface area (Å²) in [6.07, 6.45) is 4.93. The van der Waals surface area contributed by atoms with Gasteiger partial charge in [0.25, 0.3) is 5.91 Å². The molecule has 1 aliphatic heterocycles. The van der Waals surface area contributed by atoms with Gasteiger partial charge in [-0.05, 0) is 42.9 Å². The number of fused-ring (bicyclic) bond motifs is 1. The summed E-state index contributed by atoms with van der Waals surface area (Å²) in [7, 11) is 0. The molecule has 0 unspecified atom stereocenters. The van der Waals surface area contributed by atoms with Gasteiger partial charge in [-0.15, -0.1) is 0 Å². The van der Waals surface area contributed by atoms with Gasteiger partial charge in [-0.25, -0.2) is 0 Å². The first-order valence-corrected chi connectivity index (χ1v) is 6.48. The number of carbonyl (C=O) groups excluding carboxylic acids is 1. The zero-order valence-electron chi connectivity index (χ0n) is 9.96. The first kappa shape index (κ1) is 10.6. The van der Waals surface area contributed by atoms with Gasteiger partial charge in [0.15, 0.2) is 0 Å². The Morgan fingerprint density at radius 3 is 3.06 bits per heavy atom. The van der Waals surface area contributed by atoms with E-state index in [2.05, 4.69) is 16.7 Å². The lowest BCUT2D eigenvalue weighted by molar-refractivity contribution is 0.0939. The molecule has 3 nitrogen and oxygen atoms in total. The number of amides is 1. The number of carbonyl (C=O) groups is 1. The van der Waals surface area contributed by atoms with Crippen LogP contribution in [0.25, 0.3) is 0 Å². The van der Waals surface area contributed by atoms with Crippen LogP contribution < -0.4 is 10.6 Å². The molecule has 0 radical (unpaired) electrons. The van der Waals surface area contributed by atoms with E-state index in [1.54, 1.807) is 0 Å². The fourth-order valence-electron chi connectivity index (χ4n) is 2.47. The van der Waals surface area contributed by atoms with Crippen LogP contribution in [-0.2, 0) is 6.42 Å². The van der Waals surface area contributed by atoms with E-state index < -0.39 is 0 Å². The summed E-state index contributed by atoms with van der Waals surface area (Å²) in [6.45, 7) is 1.83. The van der Waals surface area contributed by atoms with Crippen molar-refractivity contribution in [2.24, 2.45) is 5.92 Å². The lowest BCUT2D eigenvalue weighted by Crippen LogP contribution is -2.32. The van der Waals surface area contributed by atoms with Crippen LogP contribution in [0, 0.1) is 5.92 Å². The predicted octanol–water partition coefficient (Wildman–Crippen LogP) is 2.18. The van der Waals surface area contributed by atoms with Gasteiger partial charge in [0.2, 0.25) is 0 Å². The van der Waals surface area contributed by atoms with Crippen molar-refractivity contribution < 1.29 is 4.79 Å². The highest BCUT2D eigenvalue weighted by molar-refractivity contribution is 5.95. The van der Waals surface area contributed by atoms with Crippen molar-refractivity contribution >= 4 is 11.6 Å². The second-order valence-electron chi connectivity index (χ2n) is 5.06. The van der Waals surface area contributed by atoms with E-state index in [1.807, 2.05) is 12.1 Å². The third kappa shape index (κ3) is 2.14. The Hall–Kier alpha value is -1.51. The number of nitrogens with one attached hydrogen (secondary N) is 2. The summed E-state index contributed by atoms with van der Waals surface area (Å²) in [5, 5.41) is 6.33. The Labute approximate surface area is 102 Å². The monoisotopic (exact) mass is 230 g/mol. The molecular formula is C14H18N2O. The average Bonchev–Trinajstić information content (AvgIpc) is 2.73. The quantitative estimate of drug-likeness (QED) is 0.835. The maximum absolute atomic E-state index is 12.0. The second-order valence-corrected chi connectivity index (χ2v) is 5.06. The Morgan fingerprint density at radius 1 is 1.41 bits per heavy atom. The Bertz CT molecular complexity index is 438. The molecule has 1 aromatic rings. The highest BCUT2D eigenvalue weighted by Crippen LogP contribution is 2.26. The number of hydrogen-bond acceptors (Lipinski definition) is 2. The second kappa shape index (κ2) is 4.40. The third-order valence-electron chi connectivity index (χ3n) is 3.86. The summed E-state index contributed by atoms with van der Waals surface area (Å²) in [5.41, 5.74) is 3.22. The molecule has 17 heavy (non-hydrogen) atoms. The summed E-state index contributed by atoms with van der Waals surface area (Å²) < 4.78 is 0. The van der Waals surface area contributed by atoms with Gasteiger partial charge in [-0.2, -0.15) is 0 Å². The molecule has 0 spiro atoms. The van der Waals surface area contributed by atoms with Gasteiger partial charge in [0.1, 0.15) is 0 Å². The van der Waals surface area contributed by atoms with Crippen molar-refractivity contribution in [1.29, 1.82) is 0 Å². The molecule has 1 fully saturated rings. The van der Waals surface area contributed by atoms with E-state index >= 15 is 0 Å². The predicted molar refractivity (Wildman–Crippen MR) is 68.3 cm³/mol. The molecule has 0 atom stereocenters. The summed E-state index contributed by atoms with van der Waals surface area (Å²) in [4.78, 5) is 12.0. The van der Waals surface area contributed by atoms with Crippen LogP contribution in [0.2, 0.25) is 0 Å². The van der Waals surface area contributed by atoms with Gasteiger partial charge in [-0.1, -0.05) is 12.5 Å². The zero-order chi connectivity index (χ0) is 11.7. The first-order valence-electron chi connectivity index (χ1n) is 6.48. The molecule has 1 aromatic carbocycles. The summed E-state index contributed by atoms with van der Waals surface area (Å²) in [5.74, 6) is 0.778. The molecule has 90 valence electrons. The maximum atomic E-state index is 12.0. The van der Waals surface area contributed by atoms with Crippen LogP contribution in [-0.4, -0.2) is 19.0 Å².